The van der Waals surface area contributed by atoms with E-state index in [0.29, 0.717) is 32.8 Å². The van der Waals surface area contributed by atoms with E-state index in [4.69, 9.17) is 4.74 Å². The van der Waals surface area contributed by atoms with Crippen LogP contribution in [0.2, 0.25) is 0 Å². The summed E-state index contributed by atoms with van der Waals surface area (Å²) in [5, 5.41) is 2.36. The number of pyridine rings is 1. The van der Waals surface area contributed by atoms with Crippen LogP contribution >= 0.6 is 0 Å². The van der Waals surface area contributed by atoms with Crippen molar-refractivity contribution in [3.05, 3.63) is 96.3 Å². The van der Waals surface area contributed by atoms with Crippen LogP contribution in [0.4, 0.5) is 0 Å². The number of rotatable bonds is 5. The maximum Gasteiger partial charge on any atom is 0.254 e. The van der Waals surface area contributed by atoms with E-state index in [1.54, 1.807) is 12.5 Å². The molecule has 162 valence electrons. The van der Waals surface area contributed by atoms with Gasteiger partial charge in [-0.2, -0.15) is 0 Å². The second-order valence-corrected chi connectivity index (χ2v) is 8.30. The first-order chi connectivity index (χ1) is 15.8. The van der Waals surface area contributed by atoms with Gasteiger partial charge in [0.1, 0.15) is 0 Å². The van der Waals surface area contributed by atoms with Gasteiger partial charge < -0.3 is 14.2 Å². The van der Waals surface area contributed by atoms with Crippen molar-refractivity contribution >= 4 is 16.7 Å². The molecule has 1 aliphatic heterocycles. The zero-order valence-electron chi connectivity index (χ0n) is 17.9. The topological polar surface area (TPSA) is 60.2 Å². The van der Waals surface area contributed by atoms with E-state index in [0.717, 1.165) is 17.5 Å². The number of carbonyl (C=O) groups is 1. The number of imidazole rings is 1. The maximum atomic E-state index is 13.5. The molecular formula is C26H26N4O2. The number of nitrogens with zero attached hydrogens (tertiary/aromatic N) is 4. The van der Waals surface area contributed by atoms with Crippen molar-refractivity contribution in [1.29, 1.82) is 0 Å². The van der Waals surface area contributed by atoms with Crippen LogP contribution in [0, 0.1) is 5.92 Å². The highest BCUT2D eigenvalue weighted by atomic mass is 16.5. The molecule has 1 fully saturated rings. The van der Waals surface area contributed by atoms with Gasteiger partial charge in [0.15, 0.2) is 0 Å². The van der Waals surface area contributed by atoms with Gasteiger partial charge in [0.2, 0.25) is 0 Å². The third-order valence-corrected chi connectivity index (χ3v) is 6.07. The van der Waals surface area contributed by atoms with E-state index >= 15 is 0 Å². The fourth-order valence-electron chi connectivity index (χ4n) is 4.47. The van der Waals surface area contributed by atoms with E-state index in [1.807, 2.05) is 58.4 Å². The molecule has 1 amide bonds. The van der Waals surface area contributed by atoms with Gasteiger partial charge in [-0.3, -0.25) is 9.78 Å². The number of carbonyl (C=O) groups excluding carboxylic acids is 1. The second-order valence-electron chi connectivity index (χ2n) is 8.30. The molecule has 0 unspecified atom stereocenters. The number of benzene rings is 2. The van der Waals surface area contributed by atoms with Gasteiger partial charge in [-0.15, -0.1) is 0 Å². The summed E-state index contributed by atoms with van der Waals surface area (Å²) in [6.07, 6.45) is 10.0. The first-order valence-electron chi connectivity index (χ1n) is 11.0. The Labute approximate surface area is 187 Å². The van der Waals surface area contributed by atoms with Crippen molar-refractivity contribution in [3.8, 4) is 0 Å². The summed E-state index contributed by atoms with van der Waals surface area (Å²) in [5.74, 6) is 0.295. The first kappa shape index (κ1) is 20.4. The predicted octanol–water partition coefficient (Wildman–Crippen LogP) is 3.81. The summed E-state index contributed by atoms with van der Waals surface area (Å²) >= 11 is 0. The Morgan fingerprint density at radius 1 is 1.03 bits per heavy atom. The minimum absolute atomic E-state index is 0.0656. The molecule has 0 N–H and O–H groups in total. The van der Waals surface area contributed by atoms with Crippen LogP contribution < -0.4 is 0 Å². The molecule has 3 heterocycles. The highest BCUT2D eigenvalue weighted by Gasteiger charge is 2.25. The molecule has 2 aromatic carbocycles. The minimum atomic E-state index is 0.0656. The lowest BCUT2D eigenvalue weighted by Gasteiger charge is -2.25. The van der Waals surface area contributed by atoms with Crippen molar-refractivity contribution in [3.63, 3.8) is 0 Å². The van der Waals surface area contributed by atoms with Crippen LogP contribution in [0.25, 0.3) is 10.8 Å². The predicted molar refractivity (Wildman–Crippen MR) is 123 cm³/mol. The largest absolute Gasteiger partial charge is 0.379 e. The Balaban J connectivity index is 1.36. The lowest BCUT2D eigenvalue weighted by molar-refractivity contribution is 0.0736. The van der Waals surface area contributed by atoms with Crippen LogP contribution in [0.15, 0.2) is 79.6 Å². The Bertz CT molecular complexity index is 1200. The molecule has 6 heteroatoms. The van der Waals surface area contributed by atoms with Gasteiger partial charge in [-0.25, -0.2) is 4.98 Å². The van der Waals surface area contributed by atoms with E-state index in [-0.39, 0.29) is 11.8 Å². The molecule has 5 rings (SSSR count). The number of amides is 1. The van der Waals surface area contributed by atoms with Gasteiger partial charge in [-0.1, -0.05) is 36.4 Å². The molecule has 1 aliphatic rings. The fraction of sp³-hybridized carbons (Fsp3) is 0.269. The van der Waals surface area contributed by atoms with Gasteiger partial charge in [-0.05, 0) is 35.1 Å². The van der Waals surface area contributed by atoms with Gasteiger partial charge >= 0.3 is 0 Å². The van der Waals surface area contributed by atoms with E-state index in [2.05, 4.69) is 28.2 Å². The Morgan fingerprint density at radius 3 is 2.84 bits per heavy atom. The summed E-state index contributed by atoms with van der Waals surface area (Å²) < 4.78 is 7.88. The average Bonchev–Trinajstić information content (AvgIpc) is 3.23. The summed E-state index contributed by atoms with van der Waals surface area (Å²) in [5.41, 5.74) is 2.99. The molecule has 32 heavy (non-hydrogen) atoms. The number of aromatic nitrogens is 3. The van der Waals surface area contributed by atoms with Crippen molar-refractivity contribution in [1.82, 2.24) is 19.4 Å². The molecule has 4 aromatic rings. The molecule has 0 aliphatic carbocycles. The van der Waals surface area contributed by atoms with E-state index in [9.17, 15) is 4.79 Å². The zero-order valence-corrected chi connectivity index (χ0v) is 17.9. The smallest absolute Gasteiger partial charge is 0.254 e. The summed E-state index contributed by atoms with van der Waals surface area (Å²) in [7, 11) is 0. The molecule has 0 radical (unpaired) electrons. The quantitative estimate of drug-likeness (QED) is 0.487. The third kappa shape index (κ3) is 4.41. The van der Waals surface area contributed by atoms with Crippen LogP contribution in [-0.4, -0.2) is 51.6 Å². The standard InChI is InChI=1S/C26H26N4O2/c31-26(24-7-2-1-4-23(24)17-29-11-10-28-19-29)30-12-13-32-18-20(16-30)14-22-6-3-5-21-8-9-27-15-25(21)22/h1-11,15,19-20H,12-14,16-18H2/t20-/m1/s1. The molecule has 0 spiro atoms. The molecule has 2 aromatic heterocycles. The van der Waals surface area contributed by atoms with E-state index in [1.165, 1.54) is 16.3 Å². The monoisotopic (exact) mass is 426 g/mol. The Morgan fingerprint density at radius 2 is 1.94 bits per heavy atom. The summed E-state index contributed by atoms with van der Waals surface area (Å²) in [4.78, 5) is 23.9. The number of ether oxygens (including phenoxy) is 1. The SMILES string of the molecule is O=C(c1ccccc1Cn1ccnc1)N1CCOC[C@H](Cc2cccc3ccncc23)C1. The van der Waals surface area contributed by atoms with Gasteiger partial charge in [0.25, 0.3) is 5.91 Å². The fourth-order valence-corrected chi connectivity index (χ4v) is 4.47. The van der Waals surface area contributed by atoms with Crippen molar-refractivity contribution in [2.45, 2.75) is 13.0 Å². The Kier molecular flexibility index (Phi) is 5.94. The lowest BCUT2D eigenvalue weighted by atomic mass is 9.95. The van der Waals surface area contributed by atoms with Crippen LogP contribution in [0.5, 0.6) is 0 Å². The molecule has 6 nitrogen and oxygen atoms in total. The first-order valence-corrected chi connectivity index (χ1v) is 11.0. The highest BCUT2D eigenvalue weighted by Crippen LogP contribution is 2.23. The lowest BCUT2D eigenvalue weighted by Crippen LogP contribution is -2.37. The van der Waals surface area contributed by atoms with Gasteiger partial charge in [0, 0.05) is 61.3 Å². The normalized spacial score (nSPS) is 16.8. The van der Waals surface area contributed by atoms with Crippen molar-refractivity contribution in [2.75, 3.05) is 26.3 Å². The average molecular weight is 427 g/mol. The van der Waals surface area contributed by atoms with Crippen LogP contribution in [-0.2, 0) is 17.7 Å². The number of hydrogen-bond donors (Lipinski definition) is 0. The minimum Gasteiger partial charge on any atom is -0.379 e. The highest BCUT2D eigenvalue weighted by molar-refractivity contribution is 5.95. The Hall–Kier alpha value is -3.51. The maximum absolute atomic E-state index is 13.5. The van der Waals surface area contributed by atoms with Crippen molar-refractivity contribution < 1.29 is 9.53 Å². The number of fused-ring (bicyclic) bond motifs is 1. The molecular weight excluding hydrogens is 400 g/mol. The molecule has 1 atom stereocenters. The molecule has 1 saturated heterocycles. The molecule has 0 bridgehead atoms. The van der Waals surface area contributed by atoms with E-state index < -0.39 is 0 Å². The van der Waals surface area contributed by atoms with Crippen LogP contribution in [0.1, 0.15) is 21.5 Å². The van der Waals surface area contributed by atoms with Gasteiger partial charge in [0.05, 0.1) is 19.5 Å². The molecule has 0 saturated carbocycles. The van der Waals surface area contributed by atoms with Crippen molar-refractivity contribution in [2.24, 2.45) is 5.92 Å². The summed E-state index contributed by atoms with van der Waals surface area (Å²) in [6.45, 7) is 3.11. The second kappa shape index (κ2) is 9.32. The third-order valence-electron chi connectivity index (χ3n) is 6.07. The number of hydrogen-bond acceptors (Lipinski definition) is 4. The van der Waals surface area contributed by atoms with Crippen LogP contribution in [0.3, 0.4) is 0 Å². The zero-order chi connectivity index (χ0) is 21.8. The summed E-state index contributed by atoms with van der Waals surface area (Å²) in [6, 6.07) is 16.2.